The van der Waals surface area contributed by atoms with Crippen LogP contribution in [-0.2, 0) is 0 Å². The molecule has 1 aliphatic carbocycles. The molecule has 84 valence electrons. The number of nitrogens with two attached hydrogens (primary N) is 3. The lowest BCUT2D eigenvalue weighted by Crippen LogP contribution is -2.03. The van der Waals surface area contributed by atoms with Crippen LogP contribution in [0.15, 0.2) is 41.5 Å². The van der Waals surface area contributed by atoms with Crippen molar-refractivity contribution in [1.29, 1.82) is 0 Å². The molecule has 0 aliphatic heterocycles. The van der Waals surface area contributed by atoms with Crippen LogP contribution in [0.5, 0.6) is 0 Å². The lowest BCUT2D eigenvalue weighted by atomic mass is 10.0. The van der Waals surface area contributed by atoms with Gasteiger partial charge in [0.1, 0.15) is 0 Å². The average molecular weight is 224 g/mol. The Labute approximate surface area is 98.7 Å². The van der Waals surface area contributed by atoms with Gasteiger partial charge in [0.15, 0.2) is 0 Å². The first kappa shape index (κ1) is 9.72. The summed E-state index contributed by atoms with van der Waals surface area (Å²) in [6.07, 6.45) is 0. The molecule has 0 saturated heterocycles. The molecule has 2 aromatic rings. The van der Waals surface area contributed by atoms with Crippen LogP contribution in [0.1, 0.15) is 11.1 Å². The van der Waals surface area contributed by atoms with Crippen LogP contribution < -0.4 is 17.3 Å². The fourth-order valence-electron chi connectivity index (χ4n) is 2.26. The van der Waals surface area contributed by atoms with Crippen molar-refractivity contribution in [3.8, 4) is 11.1 Å². The summed E-state index contributed by atoms with van der Waals surface area (Å²) in [5, 5.41) is 3.86. The van der Waals surface area contributed by atoms with E-state index in [1.807, 2.05) is 36.4 Å². The summed E-state index contributed by atoms with van der Waals surface area (Å²) in [4.78, 5) is 0. The first-order chi connectivity index (χ1) is 8.22. The van der Waals surface area contributed by atoms with Crippen molar-refractivity contribution in [1.82, 2.24) is 0 Å². The van der Waals surface area contributed by atoms with Gasteiger partial charge in [-0.15, -0.1) is 0 Å². The van der Waals surface area contributed by atoms with E-state index in [0.717, 1.165) is 28.0 Å². The molecule has 0 aromatic heterocycles. The molecule has 0 radical (unpaired) electrons. The van der Waals surface area contributed by atoms with Crippen molar-refractivity contribution in [3.63, 3.8) is 0 Å². The number of anilines is 2. The molecule has 17 heavy (non-hydrogen) atoms. The number of rotatable bonds is 0. The van der Waals surface area contributed by atoms with E-state index in [2.05, 4.69) is 5.10 Å². The highest BCUT2D eigenvalue weighted by molar-refractivity contribution is 6.25. The molecule has 6 N–H and O–H groups in total. The van der Waals surface area contributed by atoms with Crippen LogP contribution in [0.3, 0.4) is 0 Å². The molecule has 3 rings (SSSR count). The van der Waals surface area contributed by atoms with Gasteiger partial charge in [-0.2, -0.15) is 5.10 Å². The Morgan fingerprint density at radius 1 is 0.765 bits per heavy atom. The second kappa shape index (κ2) is 3.25. The maximum absolute atomic E-state index is 5.84. The minimum atomic E-state index is 0.553. The molecule has 2 aromatic carbocycles. The highest BCUT2D eigenvalue weighted by atomic mass is 15.1. The van der Waals surface area contributed by atoms with Gasteiger partial charge in [-0.05, 0) is 23.3 Å². The summed E-state index contributed by atoms with van der Waals surface area (Å²) in [5.41, 5.74) is 17.7. The second-order valence-corrected chi connectivity index (χ2v) is 4.05. The smallest absolute Gasteiger partial charge is 0.0984 e. The monoisotopic (exact) mass is 224 g/mol. The van der Waals surface area contributed by atoms with Gasteiger partial charge < -0.3 is 17.3 Å². The second-order valence-electron chi connectivity index (χ2n) is 4.05. The third-order valence-electron chi connectivity index (χ3n) is 3.08. The normalized spacial score (nSPS) is 14.7. The van der Waals surface area contributed by atoms with E-state index < -0.39 is 0 Å². The molecule has 0 bridgehead atoms. The molecule has 0 amide bonds. The number of nitrogen functional groups attached to an aromatic ring is 2. The molecule has 1 aliphatic rings. The molecule has 0 atom stereocenters. The molecular weight excluding hydrogens is 212 g/mol. The van der Waals surface area contributed by atoms with Gasteiger partial charge >= 0.3 is 0 Å². The number of nitrogens with zero attached hydrogens (tertiary/aromatic N) is 1. The number of hydrogen-bond acceptors (Lipinski definition) is 4. The fourth-order valence-corrected chi connectivity index (χ4v) is 2.26. The standard InChI is InChI=1S/C13H12N4/c14-11-5-9-7-3-1-2-4-8(7)13(17-16)10(9)6-12(11)15/h1-6H,14-16H2/b17-13+. The number of benzene rings is 2. The Hall–Kier alpha value is -2.49. The van der Waals surface area contributed by atoms with Crippen molar-refractivity contribution in [2.75, 3.05) is 11.5 Å². The third kappa shape index (κ3) is 1.21. The SMILES string of the molecule is N/N=C1\c2ccccc2-c2cc(N)c(N)cc21. The average Bonchev–Trinajstić information content (AvgIpc) is 2.63. The summed E-state index contributed by atoms with van der Waals surface area (Å²) in [5.74, 6) is 5.47. The Balaban J connectivity index is 2.40. The van der Waals surface area contributed by atoms with E-state index in [0.29, 0.717) is 11.4 Å². The predicted molar refractivity (Wildman–Crippen MR) is 70.5 cm³/mol. The summed E-state index contributed by atoms with van der Waals surface area (Å²) in [7, 11) is 0. The zero-order valence-electron chi connectivity index (χ0n) is 9.14. The summed E-state index contributed by atoms with van der Waals surface area (Å²) < 4.78 is 0. The molecule has 4 heteroatoms. The quantitative estimate of drug-likeness (QED) is 0.307. The summed E-state index contributed by atoms with van der Waals surface area (Å²) in [6.45, 7) is 0. The van der Waals surface area contributed by atoms with Gasteiger partial charge in [-0.1, -0.05) is 24.3 Å². The molecular formula is C13H12N4. The maximum Gasteiger partial charge on any atom is 0.0984 e. The largest absolute Gasteiger partial charge is 0.397 e. The van der Waals surface area contributed by atoms with Gasteiger partial charge in [0.2, 0.25) is 0 Å². The van der Waals surface area contributed by atoms with Crippen LogP contribution >= 0.6 is 0 Å². The van der Waals surface area contributed by atoms with E-state index in [1.54, 1.807) is 0 Å². The lowest BCUT2D eigenvalue weighted by molar-refractivity contribution is 1.25. The van der Waals surface area contributed by atoms with Crippen LogP contribution in [-0.4, -0.2) is 5.71 Å². The van der Waals surface area contributed by atoms with Crippen molar-refractivity contribution >= 4 is 17.1 Å². The first-order valence-corrected chi connectivity index (χ1v) is 5.29. The van der Waals surface area contributed by atoms with Crippen molar-refractivity contribution in [3.05, 3.63) is 47.5 Å². The number of hydrazone groups is 1. The van der Waals surface area contributed by atoms with Gasteiger partial charge in [0, 0.05) is 11.1 Å². The topological polar surface area (TPSA) is 90.4 Å². The zero-order chi connectivity index (χ0) is 12.0. The Bertz CT molecular complexity index is 644. The first-order valence-electron chi connectivity index (χ1n) is 5.29. The Kier molecular flexibility index (Phi) is 1.86. The van der Waals surface area contributed by atoms with Gasteiger partial charge in [-0.3, -0.25) is 0 Å². The number of hydrogen-bond donors (Lipinski definition) is 3. The Morgan fingerprint density at radius 2 is 1.35 bits per heavy atom. The van der Waals surface area contributed by atoms with Gasteiger partial charge in [0.05, 0.1) is 17.1 Å². The molecule has 4 nitrogen and oxygen atoms in total. The fraction of sp³-hybridized carbons (Fsp3) is 0. The van der Waals surface area contributed by atoms with Crippen molar-refractivity contribution in [2.45, 2.75) is 0 Å². The number of fused-ring (bicyclic) bond motifs is 3. The highest BCUT2D eigenvalue weighted by Crippen LogP contribution is 2.39. The lowest BCUT2D eigenvalue weighted by Gasteiger charge is -2.05. The predicted octanol–water partition coefficient (Wildman–Crippen LogP) is 1.54. The van der Waals surface area contributed by atoms with Crippen LogP contribution in [0.2, 0.25) is 0 Å². The van der Waals surface area contributed by atoms with Crippen LogP contribution in [0.4, 0.5) is 11.4 Å². The van der Waals surface area contributed by atoms with E-state index in [-0.39, 0.29) is 0 Å². The Morgan fingerprint density at radius 3 is 2.00 bits per heavy atom. The van der Waals surface area contributed by atoms with E-state index >= 15 is 0 Å². The van der Waals surface area contributed by atoms with E-state index in [1.165, 1.54) is 0 Å². The van der Waals surface area contributed by atoms with E-state index in [4.69, 9.17) is 17.3 Å². The van der Waals surface area contributed by atoms with Crippen molar-refractivity contribution in [2.24, 2.45) is 10.9 Å². The summed E-state index contributed by atoms with van der Waals surface area (Å²) >= 11 is 0. The highest BCUT2D eigenvalue weighted by Gasteiger charge is 2.25. The molecule has 0 heterocycles. The summed E-state index contributed by atoms with van der Waals surface area (Å²) in [6, 6.07) is 11.7. The maximum atomic E-state index is 5.84. The molecule has 0 fully saturated rings. The van der Waals surface area contributed by atoms with Crippen LogP contribution in [0.25, 0.3) is 11.1 Å². The molecule has 0 spiro atoms. The minimum absolute atomic E-state index is 0.553. The zero-order valence-corrected chi connectivity index (χ0v) is 9.14. The van der Waals surface area contributed by atoms with Gasteiger partial charge in [0.25, 0.3) is 0 Å². The minimum Gasteiger partial charge on any atom is -0.397 e. The van der Waals surface area contributed by atoms with E-state index in [9.17, 15) is 0 Å². The molecule has 0 saturated carbocycles. The van der Waals surface area contributed by atoms with Gasteiger partial charge in [-0.25, -0.2) is 0 Å². The molecule has 0 unspecified atom stereocenters. The third-order valence-corrected chi connectivity index (χ3v) is 3.08. The van der Waals surface area contributed by atoms with Crippen molar-refractivity contribution < 1.29 is 0 Å². The van der Waals surface area contributed by atoms with Crippen LogP contribution in [0, 0.1) is 0 Å².